The molecule has 7 nitrogen and oxygen atoms in total. The van der Waals surface area contributed by atoms with Crippen molar-refractivity contribution in [2.75, 3.05) is 31.5 Å². The van der Waals surface area contributed by atoms with Gasteiger partial charge in [0, 0.05) is 58.6 Å². The lowest BCUT2D eigenvalue weighted by Gasteiger charge is -2.18. The molecular formula is C32H37N5O2S. The quantitative estimate of drug-likeness (QED) is 0.240. The van der Waals surface area contributed by atoms with E-state index in [4.69, 9.17) is 0 Å². The number of allylic oxidation sites excluding steroid dienone is 1. The zero-order chi connectivity index (χ0) is 28.8. The molecule has 2 amide bonds. The first-order valence-corrected chi connectivity index (χ1v) is 14.4. The number of rotatable bonds is 11. The number of amides is 2. The van der Waals surface area contributed by atoms with Crippen LogP contribution >= 0.6 is 11.8 Å². The lowest BCUT2D eigenvalue weighted by atomic mass is 9.99. The summed E-state index contributed by atoms with van der Waals surface area (Å²) < 4.78 is 0. The molecule has 3 N–H and O–H groups in total. The summed E-state index contributed by atoms with van der Waals surface area (Å²) in [7, 11) is 0. The monoisotopic (exact) mass is 555 g/mol. The van der Waals surface area contributed by atoms with E-state index >= 15 is 0 Å². The summed E-state index contributed by atoms with van der Waals surface area (Å²) in [6, 6.07) is 9.85. The molecular weight excluding hydrogens is 518 g/mol. The number of nitrogens with zero attached hydrogens (tertiary/aromatic N) is 2. The molecule has 0 aliphatic carbocycles. The molecule has 1 aliphatic heterocycles. The van der Waals surface area contributed by atoms with Crippen molar-refractivity contribution in [2.24, 2.45) is 0 Å². The van der Waals surface area contributed by atoms with Gasteiger partial charge in [0.1, 0.15) is 0 Å². The van der Waals surface area contributed by atoms with Crippen molar-refractivity contribution in [1.82, 2.24) is 20.2 Å². The van der Waals surface area contributed by atoms with Crippen LogP contribution < -0.4 is 10.6 Å². The fourth-order valence-corrected chi connectivity index (χ4v) is 5.47. The van der Waals surface area contributed by atoms with E-state index in [2.05, 4.69) is 51.3 Å². The van der Waals surface area contributed by atoms with Gasteiger partial charge in [-0.15, -0.1) is 0 Å². The minimum absolute atomic E-state index is 0.104. The van der Waals surface area contributed by atoms with E-state index in [9.17, 15) is 9.59 Å². The van der Waals surface area contributed by atoms with E-state index in [1.807, 2.05) is 57.2 Å². The highest BCUT2D eigenvalue weighted by Crippen LogP contribution is 2.37. The van der Waals surface area contributed by atoms with Gasteiger partial charge < -0.3 is 20.5 Å². The summed E-state index contributed by atoms with van der Waals surface area (Å²) in [5.74, 6) is -0.266. The summed E-state index contributed by atoms with van der Waals surface area (Å²) in [6.07, 6.45) is 5.39. The van der Waals surface area contributed by atoms with Gasteiger partial charge >= 0.3 is 0 Å². The largest absolute Gasteiger partial charge is 0.358 e. The number of nitrogens with one attached hydrogen (secondary N) is 3. The summed E-state index contributed by atoms with van der Waals surface area (Å²) >= 11 is 1.55. The third-order valence-corrected chi connectivity index (χ3v) is 8.21. The summed E-state index contributed by atoms with van der Waals surface area (Å²) in [6.45, 7) is 17.5. The number of carbonyl (C=O) groups is 2. The van der Waals surface area contributed by atoms with Gasteiger partial charge in [0.2, 0.25) is 0 Å². The molecule has 1 aromatic carbocycles. The second-order valence-electron chi connectivity index (χ2n) is 9.80. The minimum atomic E-state index is -0.162. The number of benzene rings is 1. The lowest BCUT2D eigenvalue weighted by Crippen LogP contribution is -2.35. The van der Waals surface area contributed by atoms with Gasteiger partial charge in [-0.3, -0.25) is 14.6 Å². The number of carbonyl (C=O) groups excluding carboxylic acids is 2. The van der Waals surface area contributed by atoms with Crippen LogP contribution in [0.2, 0.25) is 0 Å². The maximum atomic E-state index is 13.0. The molecule has 0 fully saturated rings. The molecule has 3 aromatic rings. The highest BCUT2D eigenvalue weighted by molar-refractivity contribution is 8.11. The van der Waals surface area contributed by atoms with E-state index in [1.165, 1.54) is 0 Å². The number of pyridine rings is 1. The highest BCUT2D eigenvalue weighted by atomic mass is 32.2. The molecule has 0 unspecified atom stereocenters. The number of aromatic nitrogens is 2. The van der Waals surface area contributed by atoms with Gasteiger partial charge in [-0.25, -0.2) is 0 Å². The van der Waals surface area contributed by atoms with Crippen molar-refractivity contribution in [3.8, 4) is 0 Å². The Labute approximate surface area is 240 Å². The number of anilines is 1. The van der Waals surface area contributed by atoms with Crippen LogP contribution in [0.15, 0.2) is 54.7 Å². The number of hydrogen-bond acceptors (Lipinski definition) is 5. The van der Waals surface area contributed by atoms with Crippen LogP contribution in [0.3, 0.4) is 0 Å². The molecule has 1 aliphatic rings. The SMILES string of the molecule is C=C(S/C=C(\C)c1ccc2c(c1)/C(=C/c1[nH]c(C)c(C(=O)NCCN(CC)CC)c1C)C(=O)N2)c1cccnc1. The topological polar surface area (TPSA) is 90.1 Å². The molecule has 0 bridgehead atoms. The predicted octanol–water partition coefficient (Wildman–Crippen LogP) is 6.36. The second-order valence-corrected chi connectivity index (χ2v) is 10.8. The summed E-state index contributed by atoms with van der Waals surface area (Å²) in [4.78, 5) is 36.6. The molecule has 8 heteroatoms. The maximum Gasteiger partial charge on any atom is 0.256 e. The van der Waals surface area contributed by atoms with E-state index in [0.29, 0.717) is 17.7 Å². The summed E-state index contributed by atoms with van der Waals surface area (Å²) in [5, 5.41) is 8.07. The fraction of sp³-hybridized carbons (Fsp3) is 0.281. The standard InChI is InChI=1S/C32H37N5O2S/c1-7-37(8-2)15-14-34-32(39)30-21(4)29(35-22(30)5)17-27-26-16-24(11-12-28(26)36-31(27)38)20(3)19-40-23(6)25-10-9-13-33-18-25/h9-13,16-19,35H,6-8,14-15H2,1-5H3,(H,34,39)(H,36,38)/b20-19+,27-17-. The maximum absolute atomic E-state index is 13.0. The van der Waals surface area contributed by atoms with Crippen molar-refractivity contribution in [3.05, 3.63) is 93.9 Å². The van der Waals surface area contributed by atoms with E-state index in [0.717, 1.165) is 69.4 Å². The molecule has 208 valence electrons. The highest BCUT2D eigenvalue weighted by Gasteiger charge is 2.26. The summed E-state index contributed by atoms with van der Waals surface area (Å²) in [5.41, 5.74) is 8.22. The number of hydrogen-bond donors (Lipinski definition) is 3. The molecule has 0 radical (unpaired) electrons. The van der Waals surface area contributed by atoms with Crippen molar-refractivity contribution >= 4 is 51.4 Å². The number of fused-ring (bicyclic) bond motifs is 1. The minimum Gasteiger partial charge on any atom is -0.358 e. The number of thioether (sulfide) groups is 1. The first kappa shape index (κ1) is 29.1. The predicted molar refractivity (Wildman–Crippen MR) is 168 cm³/mol. The number of aryl methyl sites for hydroxylation is 1. The third kappa shape index (κ3) is 6.46. The Hall–Kier alpha value is -3.88. The first-order valence-electron chi connectivity index (χ1n) is 13.5. The molecule has 40 heavy (non-hydrogen) atoms. The Balaban J connectivity index is 1.55. The Kier molecular flexibility index (Phi) is 9.45. The van der Waals surface area contributed by atoms with Crippen LogP contribution in [0.4, 0.5) is 5.69 Å². The molecule has 0 saturated heterocycles. The van der Waals surface area contributed by atoms with Gasteiger partial charge in [-0.05, 0) is 80.2 Å². The number of H-pyrrole nitrogens is 1. The normalized spacial score (nSPS) is 14.0. The first-order chi connectivity index (χ1) is 19.2. The van der Waals surface area contributed by atoms with Gasteiger partial charge in [0.15, 0.2) is 0 Å². The molecule has 3 heterocycles. The van der Waals surface area contributed by atoms with Gasteiger partial charge in [0.05, 0.1) is 11.1 Å². The van der Waals surface area contributed by atoms with Gasteiger partial charge in [-0.2, -0.15) is 0 Å². The Morgan fingerprint density at radius 1 is 1.18 bits per heavy atom. The number of aromatic amines is 1. The van der Waals surface area contributed by atoms with Crippen molar-refractivity contribution in [3.63, 3.8) is 0 Å². The number of likely N-dealkylation sites (N-methyl/N-ethyl adjacent to an activating group) is 1. The van der Waals surface area contributed by atoms with E-state index in [1.54, 1.807) is 24.2 Å². The zero-order valence-electron chi connectivity index (χ0n) is 23.9. The molecule has 0 saturated carbocycles. The Morgan fingerprint density at radius 3 is 2.65 bits per heavy atom. The third-order valence-electron chi connectivity index (χ3n) is 7.22. The van der Waals surface area contributed by atoms with Crippen LogP contribution in [0, 0.1) is 13.8 Å². The van der Waals surface area contributed by atoms with E-state index in [-0.39, 0.29) is 11.8 Å². The Bertz CT molecular complexity index is 1480. The molecule has 0 atom stereocenters. The van der Waals surface area contributed by atoms with Crippen LogP contribution in [0.1, 0.15) is 64.8 Å². The average Bonchev–Trinajstić information content (AvgIpc) is 3.43. The van der Waals surface area contributed by atoms with Gasteiger partial charge in [0.25, 0.3) is 11.8 Å². The Morgan fingerprint density at radius 2 is 1.95 bits per heavy atom. The smallest absolute Gasteiger partial charge is 0.256 e. The molecule has 4 rings (SSSR count). The lowest BCUT2D eigenvalue weighted by molar-refractivity contribution is -0.110. The van der Waals surface area contributed by atoms with Crippen LogP contribution in [0.5, 0.6) is 0 Å². The second kappa shape index (κ2) is 13.0. The average molecular weight is 556 g/mol. The van der Waals surface area contributed by atoms with Crippen LogP contribution in [-0.2, 0) is 4.79 Å². The van der Waals surface area contributed by atoms with Crippen LogP contribution in [-0.4, -0.2) is 52.9 Å². The zero-order valence-corrected chi connectivity index (χ0v) is 24.7. The van der Waals surface area contributed by atoms with E-state index < -0.39 is 0 Å². The fourth-order valence-electron chi connectivity index (χ4n) is 4.76. The van der Waals surface area contributed by atoms with Crippen molar-refractivity contribution < 1.29 is 9.59 Å². The molecule has 2 aromatic heterocycles. The van der Waals surface area contributed by atoms with Gasteiger partial charge in [-0.1, -0.05) is 44.3 Å². The van der Waals surface area contributed by atoms with Crippen molar-refractivity contribution in [2.45, 2.75) is 34.6 Å². The van der Waals surface area contributed by atoms with Crippen LogP contribution in [0.25, 0.3) is 22.1 Å². The molecule has 0 spiro atoms. The van der Waals surface area contributed by atoms with Crippen molar-refractivity contribution in [1.29, 1.82) is 0 Å².